The average molecular weight is 303 g/mol. The topological polar surface area (TPSA) is 84.9 Å². The second-order valence-electron chi connectivity index (χ2n) is 4.19. The van der Waals surface area contributed by atoms with E-state index in [-0.39, 0.29) is 23.6 Å². The maximum atomic E-state index is 12.2. The van der Waals surface area contributed by atoms with Gasteiger partial charge in [0.25, 0.3) is 5.91 Å². The van der Waals surface area contributed by atoms with Crippen LogP contribution in [0.1, 0.15) is 17.3 Å². The van der Waals surface area contributed by atoms with E-state index in [9.17, 15) is 18.4 Å². The summed E-state index contributed by atoms with van der Waals surface area (Å²) in [5.41, 5.74) is 0.144. The maximum absolute atomic E-state index is 12.2. The van der Waals surface area contributed by atoms with Gasteiger partial charge in [0.15, 0.2) is 11.5 Å². The Labute approximate surface area is 119 Å². The number of hydrogen-bond donors (Lipinski definition) is 2. The average Bonchev–Trinajstić information content (AvgIpc) is 2.43. The van der Waals surface area contributed by atoms with Crippen LogP contribution in [0.4, 0.5) is 8.78 Å². The molecule has 1 rings (SSSR count). The third-order valence-corrected chi connectivity index (χ3v) is 2.63. The number of ether oxygens (including phenoxy) is 2. The number of benzene rings is 1. The molecular weight excluding hydrogens is 288 g/mol. The third kappa shape index (κ3) is 4.90. The molecular formula is C13H15F2NO5. The van der Waals surface area contributed by atoms with Crippen LogP contribution < -0.4 is 14.8 Å². The molecule has 1 atom stereocenters. The van der Waals surface area contributed by atoms with Gasteiger partial charge in [-0.25, -0.2) is 0 Å². The Morgan fingerprint density at radius 2 is 2.00 bits per heavy atom. The van der Waals surface area contributed by atoms with Crippen molar-refractivity contribution in [3.05, 3.63) is 23.8 Å². The van der Waals surface area contributed by atoms with Gasteiger partial charge in [0.05, 0.1) is 13.0 Å². The number of carbonyl (C=O) groups excluding carboxylic acids is 1. The molecule has 1 unspecified atom stereocenters. The number of methoxy groups -OCH3 is 1. The fourth-order valence-electron chi connectivity index (χ4n) is 1.44. The van der Waals surface area contributed by atoms with Gasteiger partial charge in [-0.1, -0.05) is 6.92 Å². The minimum absolute atomic E-state index is 0.0192. The molecule has 0 radical (unpaired) electrons. The Kier molecular flexibility index (Phi) is 5.89. The monoisotopic (exact) mass is 303 g/mol. The smallest absolute Gasteiger partial charge is 0.387 e. The van der Waals surface area contributed by atoms with Crippen LogP contribution in [0.25, 0.3) is 0 Å². The zero-order valence-electron chi connectivity index (χ0n) is 11.4. The van der Waals surface area contributed by atoms with E-state index in [0.29, 0.717) is 0 Å². The number of carboxylic acids is 1. The summed E-state index contributed by atoms with van der Waals surface area (Å²) in [5.74, 6) is -2.52. The van der Waals surface area contributed by atoms with Crippen LogP contribution in [-0.4, -0.2) is 37.2 Å². The molecule has 8 heteroatoms. The van der Waals surface area contributed by atoms with Gasteiger partial charge in [-0.15, -0.1) is 0 Å². The molecule has 0 aliphatic heterocycles. The number of hydrogen-bond acceptors (Lipinski definition) is 4. The minimum Gasteiger partial charge on any atom is -0.493 e. The van der Waals surface area contributed by atoms with Crippen molar-refractivity contribution in [1.82, 2.24) is 5.32 Å². The van der Waals surface area contributed by atoms with E-state index in [1.807, 2.05) is 0 Å². The van der Waals surface area contributed by atoms with Crippen molar-refractivity contribution in [3.8, 4) is 11.5 Å². The van der Waals surface area contributed by atoms with Crippen molar-refractivity contribution < 1.29 is 33.0 Å². The van der Waals surface area contributed by atoms with E-state index < -0.39 is 24.4 Å². The Morgan fingerprint density at radius 3 is 2.52 bits per heavy atom. The van der Waals surface area contributed by atoms with Crippen LogP contribution in [0.5, 0.6) is 11.5 Å². The molecule has 1 amide bonds. The highest BCUT2D eigenvalue weighted by Gasteiger charge is 2.16. The predicted molar refractivity (Wildman–Crippen MR) is 68.8 cm³/mol. The lowest BCUT2D eigenvalue weighted by Gasteiger charge is -2.12. The summed E-state index contributed by atoms with van der Waals surface area (Å²) in [5, 5.41) is 11.1. The van der Waals surface area contributed by atoms with Crippen LogP contribution in [0.15, 0.2) is 18.2 Å². The number of carboxylic acid groups (broad SMARTS) is 1. The summed E-state index contributed by atoms with van der Waals surface area (Å²) in [6, 6.07) is 3.69. The second-order valence-corrected chi connectivity index (χ2v) is 4.19. The van der Waals surface area contributed by atoms with E-state index in [4.69, 9.17) is 9.84 Å². The zero-order chi connectivity index (χ0) is 16.0. The molecule has 0 aromatic heterocycles. The molecule has 0 fully saturated rings. The summed E-state index contributed by atoms with van der Waals surface area (Å²) in [4.78, 5) is 22.5. The lowest BCUT2D eigenvalue weighted by atomic mass is 10.1. The summed E-state index contributed by atoms with van der Waals surface area (Å²) in [6.07, 6.45) is 0. The summed E-state index contributed by atoms with van der Waals surface area (Å²) < 4.78 is 33.4. The Hall–Kier alpha value is -2.38. The lowest BCUT2D eigenvalue weighted by molar-refractivity contribution is -0.140. The normalized spacial score (nSPS) is 11.9. The van der Waals surface area contributed by atoms with Crippen molar-refractivity contribution >= 4 is 11.9 Å². The molecule has 2 N–H and O–H groups in total. The first-order valence-corrected chi connectivity index (χ1v) is 5.99. The van der Waals surface area contributed by atoms with Crippen molar-refractivity contribution in [2.45, 2.75) is 13.5 Å². The standard InChI is InChI=1S/C13H15F2NO5/c1-7(12(18)19)6-16-11(17)8-3-4-9(21-13(14)15)10(5-8)20-2/h3-5,7,13H,6H2,1-2H3,(H,16,17)(H,18,19). The van der Waals surface area contributed by atoms with Crippen molar-refractivity contribution in [1.29, 1.82) is 0 Å². The SMILES string of the molecule is COc1cc(C(=O)NCC(C)C(=O)O)ccc1OC(F)F. The Morgan fingerprint density at radius 1 is 1.33 bits per heavy atom. The summed E-state index contributed by atoms with van der Waals surface area (Å²) >= 11 is 0. The van der Waals surface area contributed by atoms with Crippen molar-refractivity contribution in [2.75, 3.05) is 13.7 Å². The first-order valence-electron chi connectivity index (χ1n) is 5.99. The minimum atomic E-state index is -3.00. The third-order valence-electron chi connectivity index (χ3n) is 2.63. The van der Waals surface area contributed by atoms with Gasteiger partial charge >= 0.3 is 12.6 Å². The van der Waals surface area contributed by atoms with Gasteiger partial charge in [0.2, 0.25) is 0 Å². The number of aliphatic carboxylic acids is 1. The molecule has 0 heterocycles. The van der Waals surface area contributed by atoms with Gasteiger partial charge < -0.3 is 19.9 Å². The fraction of sp³-hybridized carbons (Fsp3) is 0.385. The fourth-order valence-corrected chi connectivity index (χ4v) is 1.44. The van der Waals surface area contributed by atoms with Crippen LogP contribution in [0, 0.1) is 5.92 Å². The number of halogens is 2. The molecule has 21 heavy (non-hydrogen) atoms. The molecule has 6 nitrogen and oxygen atoms in total. The number of carbonyl (C=O) groups is 2. The second kappa shape index (κ2) is 7.41. The zero-order valence-corrected chi connectivity index (χ0v) is 11.4. The summed E-state index contributed by atoms with van der Waals surface area (Å²) in [7, 11) is 1.25. The van der Waals surface area contributed by atoms with Gasteiger partial charge in [0.1, 0.15) is 0 Å². The van der Waals surface area contributed by atoms with Crippen molar-refractivity contribution in [2.24, 2.45) is 5.92 Å². The summed E-state index contributed by atoms with van der Waals surface area (Å²) in [6.45, 7) is -1.61. The van der Waals surface area contributed by atoms with E-state index >= 15 is 0 Å². The molecule has 0 aliphatic carbocycles. The van der Waals surface area contributed by atoms with E-state index in [1.54, 1.807) is 0 Å². The van der Waals surface area contributed by atoms with Crippen LogP contribution in [-0.2, 0) is 4.79 Å². The van der Waals surface area contributed by atoms with E-state index in [2.05, 4.69) is 10.1 Å². The first-order chi connectivity index (χ1) is 9.85. The van der Waals surface area contributed by atoms with Gasteiger partial charge in [-0.3, -0.25) is 9.59 Å². The molecule has 0 saturated heterocycles. The van der Waals surface area contributed by atoms with Gasteiger partial charge in [0, 0.05) is 12.1 Å². The number of amides is 1. The Balaban J connectivity index is 2.79. The van der Waals surface area contributed by atoms with Crippen molar-refractivity contribution in [3.63, 3.8) is 0 Å². The molecule has 0 saturated carbocycles. The molecule has 0 aliphatic rings. The highest BCUT2D eigenvalue weighted by atomic mass is 19.3. The number of alkyl halides is 2. The largest absolute Gasteiger partial charge is 0.493 e. The first kappa shape index (κ1) is 16.7. The molecule has 116 valence electrons. The quantitative estimate of drug-likeness (QED) is 0.801. The van der Waals surface area contributed by atoms with Crippen LogP contribution in [0.3, 0.4) is 0 Å². The number of rotatable bonds is 7. The highest BCUT2D eigenvalue weighted by molar-refractivity contribution is 5.95. The predicted octanol–water partition coefficient (Wildman–Crippen LogP) is 1.75. The van der Waals surface area contributed by atoms with E-state index in [0.717, 1.165) is 0 Å². The van der Waals surface area contributed by atoms with Crippen LogP contribution in [0.2, 0.25) is 0 Å². The van der Waals surface area contributed by atoms with Gasteiger partial charge in [-0.05, 0) is 18.2 Å². The number of nitrogens with one attached hydrogen (secondary N) is 1. The van der Waals surface area contributed by atoms with Gasteiger partial charge in [-0.2, -0.15) is 8.78 Å². The molecule has 0 bridgehead atoms. The Bertz CT molecular complexity index is 521. The van der Waals surface area contributed by atoms with Crippen LogP contribution >= 0.6 is 0 Å². The highest BCUT2D eigenvalue weighted by Crippen LogP contribution is 2.29. The maximum Gasteiger partial charge on any atom is 0.387 e. The lowest BCUT2D eigenvalue weighted by Crippen LogP contribution is -2.31. The molecule has 0 spiro atoms. The molecule has 1 aromatic rings. The van der Waals surface area contributed by atoms with E-state index in [1.165, 1.54) is 32.2 Å². The molecule has 1 aromatic carbocycles.